The van der Waals surface area contributed by atoms with Crippen molar-refractivity contribution in [1.82, 2.24) is 15.1 Å². The van der Waals surface area contributed by atoms with E-state index in [0.717, 1.165) is 45.2 Å². The molecule has 4 nitrogen and oxygen atoms in total. The van der Waals surface area contributed by atoms with E-state index in [9.17, 15) is 5.11 Å². The largest absolute Gasteiger partial charge is 0.390 e. The zero-order valence-electron chi connectivity index (χ0n) is 11.9. The Kier molecular flexibility index (Phi) is 5.42. The van der Waals surface area contributed by atoms with Crippen LogP contribution in [0.15, 0.2) is 0 Å². The Hall–Kier alpha value is -0.160. The Morgan fingerprint density at radius 1 is 1.28 bits per heavy atom. The molecular formula is C14H29N3O. The van der Waals surface area contributed by atoms with Crippen molar-refractivity contribution in [2.24, 2.45) is 5.92 Å². The van der Waals surface area contributed by atoms with Gasteiger partial charge < -0.3 is 10.4 Å². The molecule has 0 aromatic carbocycles. The maximum absolute atomic E-state index is 10.3. The summed E-state index contributed by atoms with van der Waals surface area (Å²) < 4.78 is 0. The minimum absolute atomic E-state index is 0.204. The highest BCUT2D eigenvalue weighted by molar-refractivity contribution is 4.81. The summed E-state index contributed by atoms with van der Waals surface area (Å²) in [7, 11) is 0. The van der Waals surface area contributed by atoms with Crippen molar-refractivity contribution in [3.05, 3.63) is 0 Å². The fourth-order valence-electron chi connectivity index (χ4n) is 2.65. The second kappa shape index (κ2) is 6.85. The van der Waals surface area contributed by atoms with Crippen molar-refractivity contribution in [3.63, 3.8) is 0 Å². The molecule has 2 fully saturated rings. The number of rotatable bonds is 7. The normalized spacial score (nSPS) is 23.8. The van der Waals surface area contributed by atoms with Gasteiger partial charge in [-0.05, 0) is 32.6 Å². The average molecular weight is 255 g/mol. The van der Waals surface area contributed by atoms with Gasteiger partial charge >= 0.3 is 0 Å². The van der Waals surface area contributed by atoms with Crippen LogP contribution in [0.3, 0.4) is 0 Å². The van der Waals surface area contributed by atoms with E-state index in [0.29, 0.717) is 6.04 Å². The van der Waals surface area contributed by atoms with Crippen LogP contribution in [0.2, 0.25) is 0 Å². The lowest BCUT2D eigenvalue weighted by atomic mass is 10.2. The second-order valence-electron chi connectivity index (χ2n) is 6.20. The van der Waals surface area contributed by atoms with E-state index in [-0.39, 0.29) is 6.10 Å². The minimum atomic E-state index is -0.204. The molecular weight excluding hydrogens is 226 g/mol. The van der Waals surface area contributed by atoms with Gasteiger partial charge in [-0.1, -0.05) is 0 Å². The van der Waals surface area contributed by atoms with E-state index >= 15 is 0 Å². The lowest BCUT2D eigenvalue weighted by Gasteiger charge is -2.33. The molecule has 2 N–H and O–H groups in total. The Labute approximate surface area is 111 Å². The first-order valence-electron chi connectivity index (χ1n) is 7.50. The predicted octanol–water partition coefficient (Wildman–Crippen LogP) is 0.373. The molecule has 0 amide bonds. The summed E-state index contributed by atoms with van der Waals surface area (Å²) >= 11 is 0. The third-order valence-corrected chi connectivity index (χ3v) is 4.04. The molecule has 0 bridgehead atoms. The van der Waals surface area contributed by atoms with Gasteiger partial charge in [0, 0.05) is 51.9 Å². The molecule has 1 unspecified atom stereocenters. The molecule has 0 aromatic rings. The first-order chi connectivity index (χ1) is 8.65. The van der Waals surface area contributed by atoms with Gasteiger partial charge in [-0.3, -0.25) is 9.80 Å². The van der Waals surface area contributed by atoms with Gasteiger partial charge in [-0.25, -0.2) is 0 Å². The second-order valence-corrected chi connectivity index (χ2v) is 6.20. The Balaban J connectivity index is 1.70. The number of aliphatic hydroxyl groups excluding tert-OH is 1. The van der Waals surface area contributed by atoms with Gasteiger partial charge in [0.15, 0.2) is 0 Å². The maximum Gasteiger partial charge on any atom is 0.0793 e. The topological polar surface area (TPSA) is 38.7 Å². The van der Waals surface area contributed by atoms with Gasteiger partial charge in [0.2, 0.25) is 0 Å². The highest BCUT2D eigenvalue weighted by atomic mass is 16.3. The quantitative estimate of drug-likeness (QED) is 0.689. The Bertz CT molecular complexity index is 237. The van der Waals surface area contributed by atoms with Crippen molar-refractivity contribution in [2.45, 2.75) is 38.8 Å². The molecule has 1 atom stereocenters. The van der Waals surface area contributed by atoms with Crippen LogP contribution >= 0.6 is 0 Å². The number of aliphatic hydroxyl groups is 1. The maximum atomic E-state index is 10.3. The first-order valence-corrected chi connectivity index (χ1v) is 7.50. The smallest absolute Gasteiger partial charge is 0.0793 e. The van der Waals surface area contributed by atoms with E-state index in [1.54, 1.807) is 0 Å². The van der Waals surface area contributed by atoms with Crippen molar-refractivity contribution in [3.8, 4) is 0 Å². The summed E-state index contributed by atoms with van der Waals surface area (Å²) in [5, 5.41) is 13.6. The average Bonchev–Trinajstić information content (AvgIpc) is 3.13. The SMILES string of the molecule is CC(C)N(CC(O)CN1CCNCC1)CC1CC1. The van der Waals surface area contributed by atoms with Crippen LogP contribution in [-0.4, -0.2) is 72.9 Å². The molecule has 1 heterocycles. The van der Waals surface area contributed by atoms with E-state index in [1.165, 1.54) is 19.4 Å². The molecule has 0 aromatic heterocycles. The molecule has 1 saturated heterocycles. The lowest BCUT2D eigenvalue weighted by molar-refractivity contribution is 0.0573. The zero-order chi connectivity index (χ0) is 13.0. The van der Waals surface area contributed by atoms with Crippen LogP contribution in [0, 0.1) is 5.92 Å². The third-order valence-electron chi connectivity index (χ3n) is 4.04. The van der Waals surface area contributed by atoms with Crippen molar-refractivity contribution in [2.75, 3.05) is 45.8 Å². The molecule has 1 aliphatic heterocycles. The van der Waals surface area contributed by atoms with Crippen LogP contribution in [0.4, 0.5) is 0 Å². The number of β-amino-alcohol motifs (C(OH)–C–C–N with tert-alkyl or cyclic N) is 1. The molecule has 0 radical (unpaired) electrons. The molecule has 1 aliphatic carbocycles. The van der Waals surface area contributed by atoms with Gasteiger partial charge in [0.25, 0.3) is 0 Å². The number of nitrogens with one attached hydrogen (secondary N) is 1. The minimum Gasteiger partial charge on any atom is -0.390 e. The Morgan fingerprint density at radius 2 is 1.94 bits per heavy atom. The van der Waals surface area contributed by atoms with Gasteiger partial charge in [0.1, 0.15) is 0 Å². The predicted molar refractivity (Wildman–Crippen MR) is 74.7 cm³/mol. The lowest BCUT2D eigenvalue weighted by Crippen LogP contribution is -2.49. The molecule has 1 saturated carbocycles. The standard InChI is InChI=1S/C14H29N3O/c1-12(2)17(9-13-3-4-13)11-14(18)10-16-7-5-15-6-8-16/h12-15,18H,3-11H2,1-2H3. The van der Waals surface area contributed by atoms with Crippen LogP contribution in [0.25, 0.3) is 0 Å². The van der Waals surface area contributed by atoms with E-state index < -0.39 is 0 Å². The highest BCUT2D eigenvalue weighted by Crippen LogP contribution is 2.30. The molecule has 2 rings (SSSR count). The molecule has 4 heteroatoms. The fourth-order valence-corrected chi connectivity index (χ4v) is 2.65. The first kappa shape index (κ1) is 14.3. The summed E-state index contributed by atoms with van der Waals surface area (Å²) in [6.45, 7) is 11.6. The van der Waals surface area contributed by atoms with Crippen molar-refractivity contribution in [1.29, 1.82) is 0 Å². The van der Waals surface area contributed by atoms with Gasteiger partial charge in [0.05, 0.1) is 6.10 Å². The van der Waals surface area contributed by atoms with E-state index in [1.807, 2.05) is 0 Å². The monoisotopic (exact) mass is 255 g/mol. The number of piperazine rings is 1. The van der Waals surface area contributed by atoms with Crippen LogP contribution in [0.1, 0.15) is 26.7 Å². The molecule has 0 spiro atoms. The van der Waals surface area contributed by atoms with Crippen LogP contribution in [-0.2, 0) is 0 Å². The summed E-state index contributed by atoms with van der Waals surface area (Å²) in [5.74, 6) is 0.902. The van der Waals surface area contributed by atoms with E-state index in [4.69, 9.17) is 0 Å². The Morgan fingerprint density at radius 3 is 2.50 bits per heavy atom. The van der Waals surface area contributed by atoms with Crippen molar-refractivity contribution < 1.29 is 5.11 Å². The van der Waals surface area contributed by atoms with Gasteiger partial charge in [-0.2, -0.15) is 0 Å². The van der Waals surface area contributed by atoms with Crippen LogP contribution < -0.4 is 5.32 Å². The zero-order valence-corrected chi connectivity index (χ0v) is 11.9. The summed E-state index contributed by atoms with van der Waals surface area (Å²) in [4.78, 5) is 4.82. The highest BCUT2D eigenvalue weighted by Gasteiger charge is 2.27. The summed E-state index contributed by atoms with van der Waals surface area (Å²) in [6, 6.07) is 0.545. The molecule has 2 aliphatic rings. The summed E-state index contributed by atoms with van der Waals surface area (Å²) in [5.41, 5.74) is 0. The number of hydrogen-bond acceptors (Lipinski definition) is 4. The van der Waals surface area contributed by atoms with Crippen molar-refractivity contribution >= 4 is 0 Å². The summed E-state index contributed by atoms with van der Waals surface area (Å²) in [6.07, 6.45) is 2.57. The molecule has 18 heavy (non-hydrogen) atoms. The molecule has 106 valence electrons. The number of nitrogens with zero attached hydrogens (tertiary/aromatic N) is 2. The number of hydrogen-bond donors (Lipinski definition) is 2. The fraction of sp³-hybridized carbons (Fsp3) is 1.00. The van der Waals surface area contributed by atoms with Gasteiger partial charge in [-0.15, -0.1) is 0 Å². The van der Waals surface area contributed by atoms with Crippen LogP contribution in [0.5, 0.6) is 0 Å². The van der Waals surface area contributed by atoms with E-state index in [2.05, 4.69) is 29.0 Å². The third kappa shape index (κ3) is 4.84.